The third-order valence-electron chi connectivity index (χ3n) is 2.74. The molecule has 0 amide bonds. The molecule has 0 spiro atoms. The van der Waals surface area contributed by atoms with Gasteiger partial charge in [-0.05, 0) is 13.0 Å². The summed E-state index contributed by atoms with van der Waals surface area (Å²) in [4.78, 5) is 10.6. The number of hydrogen-bond donors (Lipinski definition) is 2. The number of aryl methyl sites for hydroxylation is 2. The molecule has 5 heteroatoms. The number of aromatic nitrogens is 2. The summed E-state index contributed by atoms with van der Waals surface area (Å²) in [6.07, 6.45) is 0.446. The van der Waals surface area contributed by atoms with Crippen LogP contribution in [0.2, 0.25) is 5.02 Å². The molecule has 94 valence electrons. The Morgan fingerprint density at radius 2 is 2.17 bits per heavy atom. The molecule has 0 atom stereocenters. The summed E-state index contributed by atoms with van der Waals surface area (Å²) in [6, 6.07) is 7.47. The van der Waals surface area contributed by atoms with Crippen molar-refractivity contribution in [2.24, 2.45) is 0 Å². The van der Waals surface area contributed by atoms with E-state index in [9.17, 15) is 4.79 Å². The smallest absolute Gasteiger partial charge is 0.303 e. The molecule has 0 aliphatic rings. The van der Waals surface area contributed by atoms with Crippen molar-refractivity contribution in [2.45, 2.75) is 19.8 Å². The molecule has 0 radical (unpaired) electrons. The molecule has 0 aliphatic carbocycles. The van der Waals surface area contributed by atoms with Gasteiger partial charge in [0.25, 0.3) is 0 Å². The van der Waals surface area contributed by atoms with Gasteiger partial charge in [-0.15, -0.1) is 0 Å². The van der Waals surface area contributed by atoms with E-state index in [4.69, 9.17) is 16.7 Å². The number of nitrogens with one attached hydrogen (secondary N) is 1. The summed E-state index contributed by atoms with van der Waals surface area (Å²) >= 11 is 6.16. The van der Waals surface area contributed by atoms with Gasteiger partial charge < -0.3 is 5.11 Å². The number of aliphatic carboxylic acids is 1. The van der Waals surface area contributed by atoms with E-state index in [0.717, 1.165) is 22.5 Å². The summed E-state index contributed by atoms with van der Waals surface area (Å²) < 4.78 is 0. The zero-order valence-electron chi connectivity index (χ0n) is 9.90. The van der Waals surface area contributed by atoms with E-state index in [2.05, 4.69) is 10.2 Å². The fourth-order valence-corrected chi connectivity index (χ4v) is 2.14. The highest BCUT2D eigenvalue weighted by Gasteiger charge is 2.15. The Morgan fingerprint density at radius 3 is 2.83 bits per heavy atom. The van der Waals surface area contributed by atoms with Gasteiger partial charge in [0.15, 0.2) is 0 Å². The van der Waals surface area contributed by atoms with Crippen LogP contribution in [0.25, 0.3) is 11.1 Å². The maximum Gasteiger partial charge on any atom is 0.303 e. The molecule has 0 fully saturated rings. The van der Waals surface area contributed by atoms with Crippen molar-refractivity contribution in [3.63, 3.8) is 0 Å². The van der Waals surface area contributed by atoms with Crippen molar-refractivity contribution < 1.29 is 9.90 Å². The number of hydrogen-bond acceptors (Lipinski definition) is 2. The normalized spacial score (nSPS) is 10.6. The van der Waals surface area contributed by atoms with Gasteiger partial charge in [0.05, 0.1) is 12.1 Å². The number of H-pyrrole nitrogens is 1. The Kier molecular flexibility index (Phi) is 3.67. The van der Waals surface area contributed by atoms with Crippen molar-refractivity contribution in [3.8, 4) is 11.1 Å². The first-order valence-electron chi connectivity index (χ1n) is 5.60. The highest BCUT2D eigenvalue weighted by atomic mass is 35.5. The number of carboxylic acids is 1. The number of rotatable bonds is 4. The monoisotopic (exact) mass is 264 g/mol. The van der Waals surface area contributed by atoms with E-state index in [-0.39, 0.29) is 6.42 Å². The lowest BCUT2D eigenvalue weighted by molar-refractivity contribution is -0.136. The third kappa shape index (κ3) is 2.54. The van der Waals surface area contributed by atoms with Crippen LogP contribution in [0, 0.1) is 6.92 Å². The quantitative estimate of drug-likeness (QED) is 0.892. The highest BCUT2D eigenvalue weighted by Crippen LogP contribution is 2.32. The molecule has 0 saturated carbocycles. The Bertz CT molecular complexity index is 578. The van der Waals surface area contributed by atoms with Gasteiger partial charge in [0, 0.05) is 28.3 Å². The van der Waals surface area contributed by atoms with Gasteiger partial charge >= 0.3 is 5.97 Å². The summed E-state index contributed by atoms with van der Waals surface area (Å²) in [5, 5.41) is 16.4. The average Bonchev–Trinajstić information content (AvgIpc) is 2.69. The minimum absolute atomic E-state index is 0.0573. The Labute approximate surface area is 110 Å². The number of aromatic amines is 1. The van der Waals surface area contributed by atoms with Crippen LogP contribution in [-0.4, -0.2) is 21.3 Å². The molecule has 2 aromatic rings. The Morgan fingerprint density at radius 1 is 1.44 bits per heavy atom. The van der Waals surface area contributed by atoms with Crippen LogP contribution in [0.3, 0.4) is 0 Å². The lowest BCUT2D eigenvalue weighted by Gasteiger charge is -2.05. The largest absolute Gasteiger partial charge is 0.481 e. The van der Waals surface area contributed by atoms with E-state index in [0.29, 0.717) is 11.4 Å². The lowest BCUT2D eigenvalue weighted by atomic mass is 10.0. The second kappa shape index (κ2) is 5.23. The SMILES string of the molecule is Cc1[nH]nc(CCC(=O)O)c1-c1ccccc1Cl. The van der Waals surface area contributed by atoms with Crippen molar-refractivity contribution in [3.05, 3.63) is 40.7 Å². The number of carboxylic acid groups (broad SMARTS) is 1. The molecule has 0 unspecified atom stereocenters. The standard InChI is InChI=1S/C13H13ClN2O2/c1-8-13(9-4-2-3-5-10(9)14)11(16-15-8)6-7-12(17)18/h2-5H,6-7H2,1H3,(H,15,16)(H,17,18). The zero-order valence-corrected chi connectivity index (χ0v) is 10.7. The molecule has 2 N–H and O–H groups in total. The van der Waals surface area contributed by atoms with Gasteiger partial charge in [-0.25, -0.2) is 0 Å². The summed E-state index contributed by atoms with van der Waals surface area (Å²) in [7, 11) is 0. The number of nitrogens with zero attached hydrogens (tertiary/aromatic N) is 1. The zero-order chi connectivity index (χ0) is 13.1. The van der Waals surface area contributed by atoms with Crippen LogP contribution in [0.15, 0.2) is 24.3 Å². The first kappa shape index (κ1) is 12.6. The molecule has 4 nitrogen and oxygen atoms in total. The van der Waals surface area contributed by atoms with Gasteiger partial charge in [-0.1, -0.05) is 29.8 Å². The highest BCUT2D eigenvalue weighted by molar-refractivity contribution is 6.33. The molecule has 2 rings (SSSR count). The minimum atomic E-state index is -0.833. The van der Waals surface area contributed by atoms with E-state index < -0.39 is 5.97 Å². The van der Waals surface area contributed by atoms with E-state index in [1.807, 2.05) is 31.2 Å². The summed E-state index contributed by atoms with van der Waals surface area (Å²) in [6.45, 7) is 1.90. The average molecular weight is 265 g/mol. The fraction of sp³-hybridized carbons (Fsp3) is 0.231. The second-order valence-electron chi connectivity index (χ2n) is 4.04. The van der Waals surface area contributed by atoms with Crippen LogP contribution in [-0.2, 0) is 11.2 Å². The Balaban J connectivity index is 2.41. The number of benzene rings is 1. The van der Waals surface area contributed by atoms with Crippen LogP contribution >= 0.6 is 11.6 Å². The fourth-order valence-electron chi connectivity index (χ4n) is 1.91. The Hall–Kier alpha value is -1.81. The van der Waals surface area contributed by atoms with Gasteiger partial charge in [-0.2, -0.15) is 5.10 Å². The van der Waals surface area contributed by atoms with Crippen molar-refractivity contribution >= 4 is 17.6 Å². The molecule has 1 aromatic carbocycles. The second-order valence-corrected chi connectivity index (χ2v) is 4.45. The molecule has 18 heavy (non-hydrogen) atoms. The lowest BCUT2D eigenvalue weighted by Crippen LogP contribution is -1.99. The van der Waals surface area contributed by atoms with Gasteiger partial charge in [-0.3, -0.25) is 9.89 Å². The molecule has 0 saturated heterocycles. The first-order chi connectivity index (χ1) is 8.59. The molecule has 1 aromatic heterocycles. The van der Waals surface area contributed by atoms with Gasteiger partial charge in [0.2, 0.25) is 0 Å². The van der Waals surface area contributed by atoms with Crippen LogP contribution in [0.5, 0.6) is 0 Å². The van der Waals surface area contributed by atoms with Crippen molar-refractivity contribution in [1.29, 1.82) is 0 Å². The van der Waals surface area contributed by atoms with Crippen LogP contribution in [0.4, 0.5) is 0 Å². The molecular weight excluding hydrogens is 252 g/mol. The minimum Gasteiger partial charge on any atom is -0.481 e. The molecule has 1 heterocycles. The van der Waals surface area contributed by atoms with Crippen LogP contribution in [0.1, 0.15) is 17.8 Å². The predicted octanol–water partition coefficient (Wildman–Crippen LogP) is 3.06. The molecular formula is C13H13ClN2O2. The van der Waals surface area contributed by atoms with E-state index in [1.54, 1.807) is 0 Å². The third-order valence-corrected chi connectivity index (χ3v) is 3.07. The molecule has 0 aliphatic heterocycles. The van der Waals surface area contributed by atoms with E-state index in [1.165, 1.54) is 0 Å². The maximum atomic E-state index is 10.6. The summed E-state index contributed by atoms with van der Waals surface area (Å²) in [5.74, 6) is -0.833. The molecule has 0 bridgehead atoms. The number of carbonyl (C=O) groups is 1. The topological polar surface area (TPSA) is 66.0 Å². The van der Waals surface area contributed by atoms with Crippen molar-refractivity contribution in [1.82, 2.24) is 10.2 Å². The summed E-state index contributed by atoms with van der Waals surface area (Å²) in [5.41, 5.74) is 3.42. The van der Waals surface area contributed by atoms with E-state index >= 15 is 0 Å². The number of halogens is 1. The van der Waals surface area contributed by atoms with Gasteiger partial charge in [0.1, 0.15) is 0 Å². The van der Waals surface area contributed by atoms with Crippen LogP contribution < -0.4 is 0 Å². The predicted molar refractivity (Wildman–Crippen MR) is 69.7 cm³/mol. The van der Waals surface area contributed by atoms with Crippen molar-refractivity contribution in [2.75, 3.05) is 0 Å². The first-order valence-corrected chi connectivity index (χ1v) is 5.98. The maximum absolute atomic E-state index is 10.6.